The molecule has 192 valence electrons. The Hall–Kier alpha value is -2.71. The number of Topliss-reactive ketones (excluding diaryl/α,β-unsaturated/α-hetero) is 1. The van der Waals surface area contributed by atoms with E-state index in [9.17, 15) is 9.59 Å². The number of thioether (sulfide) groups is 1. The second-order valence-electron chi connectivity index (χ2n) is 8.71. The molecule has 1 aliphatic heterocycles. The van der Waals surface area contributed by atoms with Crippen molar-refractivity contribution in [3.05, 3.63) is 68.7 Å². The van der Waals surface area contributed by atoms with Crippen LogP contribution in [0, 0.1) is 0 Å². The zero-order chi connectivity index (χ0) is 25.7. The monoisotopic (exact) mass is 527 g/mol. The van der Waals surface area contributed by atoms with Crippen LogP contribution in [0.15, 0.2) is 58.3 Å². The lowest BCUT2D eigenvalue weighted by atomic mass is 9.73. The molecule has 0 spiro atoms. The van der Waals surface area contributed by atoms with Gasteiger partial charge < -0.3 is 19.5 Å². The molecule has 1 aromatic heterocycles. The maximum Gasteiger partial charge on any atom is 0.336 e. The van der Waals surface area contributed by atoms with Crippen LogP contribution < -0.4 is 14.8 Å². The number of nitrogens with one attached hydrogen (secondary N) is 1. The third kappa shape index (κ3) is 5.49. The highest BCUT2D eigenvalue weighted by Crippen LogP contribution is 2.47. The average molecular weight is 528 g/mol. The summed E-state index contributed by atoms with van der Waals surface area (Å²) in [6.45, 7) is 6.82. The Morgan fingerprint density at radius 1 is 1.19 bits per heavy atom. The maximum atomic E-state index is 13.7. The number of ketones is 1. The standard InChI is InChI=1S/C28H33NO5S2/c1-5-33-22-10-9-18(16-23(22)32-4)19-14-20-26(21(30)15-19)27(24-8-7-12-36-24)25(17(3)29-20)28(31)34-11-13-35-6-2/h7-10,12,16,19,27,29H,5-6,11,13-15H2,1-4H3/t19-,27-/m1/s1. The number of thiophene rings is 1. The summed E-state index contributed by atoms with van der Waals surface area (Å²) in [5.74, 6) is 2.39. The molecule has 36 heavy (non-hydrogen) atoms. The predicted molar refractivity (Wildman–Crippen MR) is 145 cm³/mol. The third-order valence-electron chi connectivity index (χ3n) is 6.50. The minimum absolute atomic E-state index is 0.00434. The molecular formula is C28H33NO5S2. The highest BCUT2D eigenvalue weighted by atomic mass is 32.2. The molecule has 1 aromatic carbocycles. The van der Waals surface area contributed by atoms with Crippen molar-refractivity contribution in [2.75, 3.05) is 31.8 Å². The highest BCUT2D eigenvalue weighted by molar-refractivity contribution is 7.99. The molecule has 0 amide bonds. The smallest absolute Gasteiger partial charge is 0.336 e. The zero-order valence-electron chi connectivity index (χ0n) is 21.2. The summed E-state index contributed by atoms with van der Waals surface area (Å²) >= 11 is 3.29. The molecule has 0 saturated carbocycles. The van der Waals surface area contributed by atoms with E-state index in [0.29, 0.717) is 48.7 Å². The third-order valence-corrected chi connectivity index (χ3v) is 8.30. The summed E-state index contributed by atoms with van der Waals surface area (Å²) < 4.78 is 16.8. The van der Waals surface area contributed by atoms with Gasteiger partial charge >= 0.3 is 5.97 Å². The topological polar surface area (TPSA) is 73.9 Å². The number of dihydropyridines is 1. The van der Waals surface area contributed by atoms with Gasteiger partial charge in [-0.25, -0.2) is 4.79 Å². The van der Waals surface area contributed by atoms with E-state index in [1.54, 1.807) is 30.2 Å². The van der Waals surface area contributed by atoms with E-state index < -0.39 is 5.92 Å². The van der Waals surface area contributed by atoms with Crippen LogP contribution in [0.5, 0.6) is 11.5 Å². The Morgan fingerprint density at radius 2 is 2.03 bits per heavy atom. The Bertz CT molecular complexity index is 1170. The number of esters is 1. The zero-order valence-corrected chi connectivity index (χ0v) is 22.9. The van der Waals surface area contributed by atoms with Crippen molar-refractivity contribution in [2.24, 2.45) is 0 Å². The van der Waals surface area contributed by atoms with Gasteiger partial charge in [0, 0.05) is 34.0 Å². The molecule has 0 fully saturated rings. The van der Waals surface area contributed by atoms with Gasteiger partial charge in [-0.1, -0.05) is 19.1 Å². The molecule has 2 heterocycles. The lowest BCUT2D eigenvalue weighted by Crippen LogP contribution is -2.36. The summed E-state index contributed by atoms with van der Waals surface area (Å²) in [4.78, 5) is 27.9. The fraction of sp³-hybridized carbons (Fsp3) is 0.429. The van der Waals surface area contributed by atoms with Crippen molar-refractivity contribution in [1.82, 2.24) is 5.32 Å². The number of hydrogen-bond donors (Lipinski definition) is 1. The maximum absolute atomic E-state index is 13.7. The van der Waals surface area contributed by atoms with Crippen molar-refractivity contribution in [2.45, 2.75) is 45.4 Å². The van der Waals surface area contributed by atoms with Crippen LogP contribution in [0.2, 0.25) is 0 Å². The molecule has 0 radical (unpaired) electrons. The van der Waals surface area contributed by atoms with Gasteiger partial charge in [0.2, 0.25) is 0 Å². The molecular weight excluding hydrogens is 494 g/mol. The van der Waals surface area contributed by atoms with E-state index >= 15 is 0 Å². The first-order valence-electron chi connectivity index (χ1n) is 12.3. The molecule has 6 nitrogen and oxygen atoms in total. The Morgan fingerprint density at radius 3 is 2.72 bits per heavy atom. The molecule has 4 rings (SSSR count). The second-order valence-corrected chi connectivity index (χ2v) is 11.1. The molecule has 2 aromatic rings. The number of benzene rings is 1. The molecule has 0 saturated heterocycles. The molecule has 2 atom stereocenters. The van der Waals surface area contributed by atoms with Crippen molar-refractivity contribution in [1.29, 1.82) is 0 Å². The van der Waals surface area contributed by atoms with Gasteiger partial charge in [-0.3, -0.25) is 4.79 Å². The molecule has 2 aliphatic rings. The van der Waals surface area contributed by atoms with Crippen LogP contribution >= 0.6 is 23.1 Å². The fourth-order valence-corrected chi connectivity index (χ4v) is 6.25. The van der Waals surface area contributed by atoms with Crippen molar-refractivity contribution in [3.8, 4) is 11.5 Å². The lowest BCUT2D eigenvalue weighted by Gasteiger charge is -2.36. The van der Waals surface area contributed by atoms with Crippen LogP contribution in [-0.4, -0.2) is 43.6 Å². The minimum Gasteiger partial charge on any atom is -0.493 e. The average Bonchev–Trinajstić information content (AvgIpc) is 3.40. The van der Waals surface area contributed by atoms with Crippen LogP contribution in [0.3, 0.4) is 0 Å². The SMILES string of the molecule is CCOc1ccc([C@H]2CC(=O)C3=C(C2)NC(C)=C(C(=O)OCCSCC)[C@H]3c2cccs2)cc1OC. The van der Waals surface area contributed by atoms with Crippen LogP contribution in [0.4, 0.5) is 0 Å². The lowest BCUT2D eigenvalue weighted by molar-refractivity contribution is -0.138. The van der Waals surface area contributed by atoms with Crippen LogP contribution in [-0.2, 0) is 14.3 Å². The van der Waals surface area contributed by atoms with Crippen molar-refractivity contribution >= 4 is 34.9 Å². The van der Waals surface area contributed by atoms with Crippen molar-refractivity contribution < 1.29 is 23.8 Å². The first kappa shape index (κ1) is 26.4. The molecule has 1 aliphatic carbocycles. The van der Waals surface area contributed by atoms with Gasteiger partial charge in [-0.05, 0) is 61.1 Å². The quantitative estimate of drug-likeness (QED) is 0.309. The number of hydrogen-bond acceptors (Lipinski definition) is 8. The predicted octanol–water partition coefficient (Wildman–Crippen LogP) is 5.81. The summed E-state index contributed by atoms with van der Waals surface area (Å²) in [5, 5.41) is 5.40. The first-order chi connectivity index (χ1) is 17.5. The molecule has 1 N–H and O–H groups in total. The molecule has 8 heteroatoms. The molecule has 0 unspecified atom stereocenters. The summed E-state index contributed by atoms with van der Waals surface area (Å²) in [7, 11) is 1.62. The van der Waals surface area contributed by atoms with Gasteiger partial charge in [0.15, 0.2) is 17.3 Å². The largest absolute Gasteiger partial charge is 0.493 e. The van der Waals surface area contributed by atoms with E-state index in [1.807, 2.05) is 49.6 Å². The second kappa shape index (κ2) is 12.0. The minimum atomic E-state index is -0.407. The summed E-state index contributed by atoms with van der Waals surface area (Å²) in [5.41, 5.74) is 3.89. The number of carbonyl (C=O) groups excluding carboxylic acids is 2. The number of ether oxygens (including phenoxy) is 3. The van der Waals surface area contributed by atoms with Crippen LogP contribution in [0.1, 0.15) is 55.9 Å². The number of methoxy groups -OCH3 is 1. The van der Waals surface area contributed by atoms with E-state index in [0.717, 1.165) is 33.3 Å². The Kier molecular flexibility index (Phi) is 8.80. The number of allylic oxidation sites excluding steroid dienone is 3. The van der Waals surface area contributed by atoms with Crippen LogP contribution in [0.25, 0.3) is 0 Å². The highest BCUT2D eigenvalue weighted by Gasteiger charge is 2.42. The van der Waals surface area contributed by atoms with Crippen molar-refractivity contribution in [3.63, 3.8) is 0 Å². The summed E-state index contributed by atoms with van der Waals surface area (Å²) in [6.07, 6.45) is 1.04. The van der Waals surface area contributed by atoms with Gasteiger partial charge in [0.25, 0.3) is 0 Å². The normalized spacial score (nSPS) is 19.6. The van der Waals surface area contributed by atoms with Gasteiger partial charge in [-0.15, -0.1) is 11.3 Å². The Labute approximate surface area is 221 Å². The van der Waals surface area contributed by atoms with Gasteiger partial charge in [0.05, 0.1) is 25.2 Å². The number of rotatable bonds is 10. The summed E-state index contributed by atoms with van der Waals surface area (Å²) in [6, 6.07) is 9.84. The van der Waals surface area contributed by atoms with Gasteiger partial charge in [0.1, 0.15) is 6.61 Å². The first-order valence-corrected chi connectivity index (χ1v) is 14.3. The van der Waals surface area contributed by atoms with E-state index in [4.69, 9.17) is 14.2 Å². The van der Waals surface area contributed by atoms with E-state index in [2.05, 4.69) is 12.2 Å². The molecule has 0 bridgehead atoms. The Balaban J connectivity index is 1.65. The van der Waals surface area contributed by atoms with E-state index in [-0.39, 0.29) is 17.7 Å². The number of carbonyl (C=O) groups is 2. The van der Waals surface area contributed by atoms with E-state index in [1.165, 1.54) is 0 Å². The van der Waals surface area contributed by atoms with Gasteiger partial charge in [-0.2, -0.15) is 11.8 Å². The fourth-order valence-electron chi connectivity index (χ4n) is 4.91.